The summed E-state index contributed by atoms with van der Waals surface area (Å²) in [4.78, 5) is 27.7. The third-order valence-corrected chi connectivity index (χ3v) is 7.60. The van der Waals surface area contributed by atoms with Crippen molar-refractivity contribution < 1.29 is 14.4 Å². The number of rotatable bonds is 9. The smallest absolute Gasteiger partial charge is 0.304 e. The Morgan fingerprint density at radius 3 is 2.74 bits per heavy atom. The van der Waals surface area contributed by atoms with Crippen molar-refractivity contribution in [2.45, 2.75) is 95.3 Å². The first-order valence-electron chi connectivity index (χ1n) is 13.1. The Bertz CT molecular complexity index is 911. The molecule has 0 aromatic carbocycles. The van der Waals surface area contributed by atoms with E-state index in [0.29, 0.717) is 23.3 Å². The van der Waals surface area contributed by atoms with Crippen molar-refractivity contribution in [3.63, 3.8) is 0 Å². The van der Waals surface area contributed by atoms with Crippen LogP contribution >= 0.6 is 0 Å². The summed E-state index contributed by atoms with van der Waals surface area (Å²) in [6.45, 7) is 2.21. The Hall–Kier alpha value is -2.35. The van der Waals surface area contributed by atoms with Crippen LogP contribution in [0.2, 0.25) is 0 Å². The highest BCUT2D eigenvalue weighted by Gasteiger charge is 2.24. The molecule has 0 amide bonds. The molecular weight excluding hydrogens is 430 g/mol. The normalized spacial score (nSPS) is 21.6. The number of aromatic nitrogens is 4. The molecule has 2 aromatic rings. The summed E-state index contributed by atoms with van der Waals surface area (Å²) in [5, 5.41) is 13.6. The van der Waals surface area contributed by atoms with Gasteiger partial charge in [0.2, 0.25) is 11.7 Å². The van der Waals surface area contributed by atoms with Crippen molar-refractivity contribution in [1.29, 1.82) is 0 Å². The van der Waals surface area contributed by atoms with E-state index in [1.165, 1.54) is 44.9 Å². The van der Waals surface area contributed by atoms with Gasteiger partial charge in [0.15, 0.2) is 0 Å². The van der Waals surface area contributed by atoms with Gasteiger partial charge in [-0.15, -0.1) is 0 Å². The van der Waals surface area contributed by atoms with Gasteiger partial charge in [0, 0.05) is 18.0 Å². The standard InChI is InChI=1S/C26H39N5O3/c1-31-14-6-5-11-20(13-15-31)22-17-27-18-23(28-22)25-29-26(34-30-25)21(16-24(32)33)12-7-10-19-8-3-2-4-9-19/h17-21H,2-16H2,1H3,(H,32,33). The van der Waals surface area contributed by atoms with E-state index in [0.717, 1.165) is 56.8 Å². The Labute approximate surface area is 202 Å². The van der Waals surface area contributed by atoms with Gasteiger partial charge in [-0.05, 0) is 51.7 Å². The van der Waals surface area contributed by atoms with Gasteiger partial charge in [-0.3, -0.25) is 9.78 Å². The van der Waals surface area contributed by atoms with Gasteiger partial charge >= 0.3 is 5.97 Å². The molecular formula is C26H39N5O3. The molecule has 2 fully saturated rings. The molecule has 0 spiro atoms. The van der Waals surface area contributed by atoms with Gasteiger partial charge in [-0.25, -0.2) is 4.98 Å². The number of carboxylic acids is 1. The number of nitrogens with zero attached hydrogens (tertiary/aromatic N) is 5. The summed E-state index contributed by atoms with van der Waals surface area (Å²) in [7, 11) is 2.17. The predicted octanol–water partition coefficient (Wildman–Crippen LogP) is 5.42. The Balaban J connectivity index is 1.42. The molecule has 8 nitrogen and oxygen atoms in total. The lowest BCUT2D eigenvalue weighted by molar-refractivity contribution is -0.137. The fourth-order valence-corrected chi connectivity index (χ4v) is 5.54. The van der Waals surface area contributed by atoms with Crippen molar-refractivity contribution in [3.05, 3.63) is 24.0 Å². The van der Waals surface area contributed by atoms with Crippen LogP contribution in [-0.2, 0) is 4.79 Å². The van der Waals surface area contributed by atoms with E-state index >= 15 is 0 Å². The first kappa shape index (κ1) is 24.8. The van der Waals surface area contributed by atoms with E-state index in [2.05, 4.69) is 27.1 Å². The summed E-state index contributed by atoms with van der Waals surface area (Å²) in [5.74, 6) is 0.860. The lowest BCUT2D eigenvalue weighted by atomic mass is 9.84. The zero-order chi connectivity index (χ0) is 23.8. The van der Waals surface area contributed by atoms with Crippen LogP contribution in [0.4, 0.5) is 0 Å². The van der Waals surface area contributed by atoms with E-state index in [1.54, 1.807) is 6.20 Å². The first-order chi connectivity index (χ1) is 16.6. The maximum Gasteiger partial charge on any atom is 0.304 e. The molecule has 3 heterocycles. The fraction of sp³-hybridized carbons (Fsp3) is 0.731. The lowest BCUT2D eigenvalue weighted by Gasteiger charge is -2.24. The second kappa shape index (κ2) is 12.4. The van der Waals surface area contributed by atoms with Crippen LogP contribution < -0.4 is 0 Å². The molecule has 1 N–H and O–H groups in total. The number of hydrogen-bond acceptors (Lipinski definition) is 7. The quantitative estimate of drug-likeness (QED) is 0.519. The number of hydrogen-bond donors (Lipinski definition) is 1. The van der Waals surface area contributed by atoms with Crippen molar-refractivity contribution in [3.8, 4) is 11.5 Å². The summed E-state index contributed by atoms with van der Waals surface area (Å²) in [6.07, 6.45) is 17.6. The molecule has 2 atom stereocenters. The average Bonchev–Trinajstić information content (AvgIpc) is 3.32. The van der Waals surface area contributed by atoms with Gasteiger partial charge in [0.05, 0.1) is 18.3 Å². The van der Waals surface area contributed by atoms with Gasteiger partial charge in [0.1, 0.15) is 5.69 Å². The van der Waals surface area contributed by atoms with Crippen LogP contribution in [0.5, 0.6) is 0 Å². The third-order valence-electron chi connectivity index (χ3n) is 7.60. The Morgan fingerprint density at radius 1 is 1.09 bits per heavy atom. The Morgan fingerprint density at radius 2 is 1.91 bits per heavy atom. The van der Waals surface area contributed by atoms with Gasteiger partial charge in [-0.2, -0.15) is 4.98 Å². The summed E-state index contributed by atoms with van der Waals surface area (Å²) in [6, 6.07) is 0. The molecule has 186 valence electrons. The maximum absolute atomic E-state index is 11.5. The monoisotopic (exact) mass is 469 g/mol. The van der Waals surface area contributed by atoms with Crippen molar-refractivity contribution in [2.24, 2.45) is 5.92 Å². The van der Waals surface area contributed by atoms with Crippen molar-refractivity contribution in [2.75, 3.05) is 20.1 Å². The van der Waals surface area contributed by atoms with E-state index in [-0.39, 0.29) is 12.3 Å². The maximum atomic E-state index is 11.5. The molecule has 1 saturated heterocycles. The zero-order valence-corrected chi connectivity index (χ0v) is 20.5. The predicted molar refractivity (Wildman–Crippen MR) is 129 cm³/mol. The minimum absolute atomic E-state index is 0.00755. The van der Waals surface area contributed by atoms with E-state index < -0.39 is 5.97 Å². The highest BCUT2D eigenvalue weighted by atomic mass is 16.5. The molecule has 34 heavy (non-hydrogen) atoms. The van der Waals surface area contributed by atoms with E-state index in [9.17, 15) is 9.90 Å². The molecule has 2 unspecified atom stereocenters. The highest BCUT2D eigenvalue weighted by molar-refractivity contribution is 5.67. The minimum Gasteiger partial charge on any atom is -0.481 e. The van der Waals surface area contributed by atoms with E-state index in [1.807, 2.05) is 6.20 Å². The molecule has 1 aliphatic heterocycles. The highest BCUT2D eigenvalue weighted by Crippen LogP contribution is 2.32. The third kappa shape index (κ3) is 7.08. The van der Waals surface area contributed by atoms with Crippen LogP contribution in [0.15, 0.2) is 16.9 Å². The molecule has 0 radical (unpaired) electrons. The number of likely N-dealkylation sites (tertiary alicyclic amines) is 1. The molecule has 1 saturated carbocycles. The summed E-state index contributed by atoms with van der Waals surface area (Å²) in [5.41, 5.74) is 1.58. The van der Waals surface area contributed by atoms with Crippen LogP contribution in [0, 0.1) is 5.92 Å². The topological polar surface area (TPSA) is 105 Å². The van der Waals surface area contributed by atoms with Crippen LogP contribution in [-0.4, -0.2) is 56.2 Å². The lowest BCUT2D eigenvalue weighted by Crippen LogP contribution is -2.25. The minimum atomic E-state index is -0.835. The zero-order valence-electron chi connectivity index (χ0n) is 20.5. The first-order valence-corrected chi connectivity index (χ1v) is 13.1. The fourth-order valence-electron chi connectivity index (χ4n) is 5.54. The molecule has 2 aromatic heterocycles. The molecule has 2 aliphatic rings. The number of carbonyl (C=O) groups is 1. The van der Waals surface area contributed by atoms with Gasteiger partial charge in [-0.1, -0.05) is 56.5 Å². The van der Waals surface area contributed by atoms with Gasteiger partial charge in [0.25, 0.3) is 0 Å². The molecule has 8 heteroatoms. The van der Waals surface area contributed by atoms with Gasteiger partial charge < -0.3 is 14.5 Å². The molecule has 0 bridgehead atoms. The van der Waals surface area contributed by atoms with Crippen LogP contribution in [0.3, 0.4) is 0 Å². The molecule has 1 aliphatic carbocycles. The largest absolute Gasteiger partial charge is 0.481 e. The number of carboxylic acid groups (broad SMARTS) is 1. The van der Waals surface area contributed by atoms with Crippen LogP contribution in [0.1, 0.15) is 107 Å². The van der Waals surface area contributed by atoms with E-state index in [4.69, 9.17) is 9.51 Å². The molecule has 4 rings (SSSR count). The second-order valence-corrected chi connectivity index (χ2v) is 10.3. The van der Waals surface area contributed by atoms with Crippen LogP contribution in [0.25, 0.3) is 11.5 Å². The Kier molecular flexibility index (Phi) is 9.02. The summed E-state index contributed by atoms with van der Waals surface area (Å²) < 4.78 is 5.56. The van der Waals surface area contributed by atoms with Crippen molar-refractivity contribution >= 4 is 5.97 Å². The number of aliphatic carboxylic acids is 1. The summed E-state index contributed by atoms with van der Waals surface area (Å²) >= 11 is 0. The van der Waals surface area contributed by atoms with Crippen molar-refractivity contribution in [1.82, 2.24) is 25.0 Å². The second-order valence-electron chi connectivity index (χ2n) is 10.3. The average molecular weight is 470 g/mol. The SMILES string of the molecule is CN1CCCCC(c2cncc(-c3noc(C(CCCC4CCCCC4)CC(=O)O)n3)n2)CC1.